The van der Waals surface area contributed by atoms with Crippen LogP contribution in [0.15, 0.2) is 72.3 Å². The van der Waals surface area contributed by atoms with Crippen LogP contribution < -0.4 is 14.5 Å². The fourth-order valence-corrected chi connectivity index (χ4v) is 4.37. The predicted molar refractivity (Wildman–Crippen MR) is 135 cm³/mol. The number of benzene rings is 3. The third-order valence-electron chi connectivity index (χ3n) is 6.05. The molecule has 0 spiro atoms. The summed E-state index contributed by atoms with van der Waals surface area (Å²) in [5.74, 6) is -2.37. The number of halogens is 4. The molecule has 1 amide bonds. The average Bonchev–Trinajstić information content (AvgIpc) is 3.13. The van der Waals surface area contributed by atoms with E-state index in [2.05, 4.69) is 0 Å². The molecule has 10 heteroatoms. The molecule has 1 unspecified atom stereocenters. The fraction of sp³-hybridized carbons (Fsp3) is 0.185. The number of methoxy groups -OCH3 is 1. The number of alkyl halides is 3. The molecule has 3 aromatic carbocycles. The van der Waals surface area contributed by atoms with Gasteiger partial charge in [0, 0.05) is 31.0 Å². The zero-order valence-corrected chi connectivity index (χ0v) is 20.8. The third kappa shape index (κ3) is 4.86. The topological polar surface area (TPSA) is 70.1 Å². The molecule has 0 bridgehead atoms. The first-order valence-electron chi connectivity index (χ1n) is 11.0. The molecule has 0 aromatic heterocycles. The number of aliphatic hydroxyl groups is 1. The number of hydrogen-bond acceptors (Lipinski definition) is 5. The van der Waals surface area contributed by atoms with Gasteiger partial charge in [0.1, 0.15) is 11.5 Å². The second-order valence-electron chi connectivity index (χ2n) is 8.55. The lowest BCUT2D eigenvalue weighted by molar-refractivity contribution is -0.137. The van der Waals surface area contributed by atoms with Crippen molar-refractivity contribution >= 4 is 40.4 Å². The summed E-state index contributed by atoms with van der Waals surface area (Å²) >= 11 is 6.29. The van der Waals surface area contributed by atoms with Crippen molar-refractivity contribution < 1.29 is 32.6 Å². The van der Waals surface area contributed by atoms with Gasteiger partial charge in [-0.2, -0.15) is 13.2 Å². The zero-order valence-electron chi connectivity index (χ0n) is 20.0. The number of aliphatic hydroxyl groups excluding tert-OH is 1. The highest BCUT2D eigenvalue weighted by Crippen LogP contribution is 2.44. The lowest BCUT2D eigenvalue weighted by Gasteiger charge is -2.26. The van der Waals surface area contributed by atoms with Crippen LogP contribution in [-0.4, -0.2) is 38.0 Å². The van der Waals surface area contributed by atoms with Crippen LogP contribution in [0, 0.1) is 0 Å². The first-order valence-corrected chi connectivity index (χ1v) is 11.4. The number of Topliss-reactive ketones (excluding diaryl/α,β-unsaturated/α-hetero) is 1. The SMILES string of the molecule is COc1ccc(Cl)c(/C(O)=C2\C(=O)C(=O)N(c3cccc(C(F)(F)F)c3)C2c2ccc(N(C)C)cc2)c1. The molecular formula is C27H22ClF3N2O4. The van der Waals surface area contributed by atoms with Crippen LogP contribution in [0.25, 0.3) is 5.76 Å². The van der Waals surface area contributed by atoms with E-state index in [0.717, 1.165) is 28.8 Å². The summed E-state index contributed by atoms with van der Waals surface area (Å²) in [6, 6.07) is 14.1. The maximum atomic E-state index is 13.5. The van der Waals surface area contributed by atoms with Crippen molar-refractivity contribution in [2.75, 3.05) is 31.0 Å². The van der Waals surface area contributed by atoms with Crippen molar-refractivity contribution in [1.29, 1.82) is 0 Å². The van der Waals surface area contributed by atoms with E-state index in [-0.39, 0.29) is 21.8 Å². The molecule has 1 saturated heterocycles. The molecule has 0 radical (unpaired) electrons. The summed E-state index contributed by atoms with van der Waals surface area (Å²) < 4.78 is 45.6. The van der Waals surface area contributed by atoms with Gasteiger partial charge in [-0.1, -0.05) is 29.8 Å². The van der Waals surface area contributed by atoms with E-state index in [0.29, 0.717) is 11.3 Å². The Balaban J connectivity index is 1.97. The van der Waals surface area contributed by atoms with Gasteiger partial charge in [0.15, 0.2) is 0 Å². The molecule has 6 nitrogen and oxygen atoms in total. The monoisotopic (exact) mass is 530 g/mol. The van der Waals surface area contributed by atoms with E-state index in [1.165, 1.54) is 25.3 Å². The zero-order chi connectivity index (χ0) is 27.1. The lowest BCUT2D eigenvalue weighted by atomic mass is 9.94. The fourth-order valence-electron chi connectivity index (χ4n) is 4.16. The van der Waals surface area contributed by atoms with Gasteiger partial charge >= 0.3 is 6.18 Å². The minimum Gasteiger partial charge on any atom is -0.507 e. The number of hydrogen-bond donors (Lipinski definition) is 1. The Labute approximate surface area is 216 Å². The van der Waals surface area contributed by atoms with Crippen molar-refractivity contribution in [3.05, 3.63) is 94.0 Å². The standard InChI is InChI=1S/C27H22ClF3N2O4/c1-32(2)17-9-7-15(8-10-17)23-22(24(34)20-14-19(37-3)11-12-21(20)28)25(35)26(36)33(23)18-6-4-5-16(13-18)27(29,30)31/h4-14,23,34H,1-3H3/b24-22+. The Morgan fingerprint density at radius 1 is 1.03 bits per heavy atom. The molecule has 1 aliphatic heterocycles. The molecule has 37 heavy (non-hydrogen) atoms. The van der Waals surface area contributed by atoms with Crippen LogP contribution in [0.4, 0.5) is 24.5 Å². The maximum Gasteiger partial charge on any atom is 0.416 e. The number of amides is 1. The Hall–Kier alpha value is -3.98. The van der Waals surface area contributed by atoms with Gasteiger partial charge in [-0.25, -0.2) is 0 Å². The van der Waals surface area contributed by atoms with Crippen molar-refractivity contribution in [2.45, 2.75) is 12.2 Å². The van der Waals surface area contributed by atoms with Crippen LogP contribution in [0.5, 0.6) is 5.75 Å². The van der Waals surface area contributed by atoms with E-state index in [9.17, 15) is 27.9 Å². The van der Waals surface area contributed by atoms with Gasteiger partial charge in [-0.05, 0) is 54.1 Å². The van der Waals surface area contributed by atoms with Gasteiger partial charge in [0.05, 0.1) is 29.3 Å². The number of carbonyl (C=O) groups excluding carboxylic acids is 2. The molecule has 192 valence electrons. The average molecular weight is 531 g/mol. The quantitative estimate of drug-likeness (QED) is 0.247. The lowest BCUT2D eigenvalue weighted by Crippen LogP contribution is -2.29. The smallest absolute Gasteiger partial charge is 0.416 e. The molecule has 1 fully saturated rings. The van der Waals surface area contributed by atoms with Crippen LogP contribution in [-0.2, 0) is 15.8 Å². The van der Waals surface area contributed by atoms with Crippen LogP contribution in [0.1, 0.15) is 22.7 Å². The number of ether oxygens (including phenoxy) is 1. The van der Waals surface area contributed by atoms with E-state index < -0.39 is 35.2 Å². The van der Waals surface area contributed by atoms with Crippen molar-refractivity contribution in [2.24, 2.45) is 0 Å². The molecule has 0 aliphatic carbocycles. The molecular weight excluding hydrogens is 509 g/mol. The molecule has 1 N–H and O–H groups in total. The summed E-state index contributed by atoms with van der Waals surface area (Å²) in [6.45, 7) is 0. The summed E-state index contributed by atoms with van der Waals surface area (Å²) in [7, 11) is 5.06. The largest absolute Gasteiger partial charge is 0.507 e. The van der Waals surface area contributed by atoms with Crippen LogP contribution in [0.2, 0.25) is 5.02 Å². The predicted octanol–water partition coefficient (Wildman–Crippen LogP) is 6.06. The Kier molecular flexibility index (Phi) is 6.92. The van der Waals surface area contributed by atoms with Gasteiger partial charge in [0.2, 0.25) is 0 Å². The van der Waals surface area contributed by atoms with E-state index >= 15 is 0 Å². The molecule has 1 atom stereocenters. The summed E-state index contributed by atoms with van der Waals surface area (Å²) in [4.78, 5) is 29.4. The molecule has 0 saturated carbocycles. The normalized spacial score (nSPS) is 17.3. The highest BCUT2D eigenvalue weighted by atomic mass is 35.5. The summed E-state index contributed by atoms with van der Waals surface area (Å²) in [5.41, 5.74) is -0.176. The van der Waals surface area contributed by atoms with Crippen molar-refractivity contribution in [1.82, 2.24) is 0 Å². The number of ketones is 1. The highest BCUT2D eigenvalue weighted by molar-refractivity contribution is 6.52. The second-order valence-corrected chi connectivity index (χ2v) is 8.96. The Bertz CT molecular complexity index is 1400. The third-order valence-corrected chi connectivity index (χ3v) is 6.38. The number of nitrogens with zero attached hydrogens (tertiary/aromatic N) is 2. The van der Waals surface area contributed by atoms with Crippen molar-refractivity contribution in [3.63, 3.8) is 0 Å². The first-order chi connectivity index (χ1) is 17.4. The second kappa shape index (κ2) is 9.82. The molecule has 4 rings (SSSR count). The van der Waals surface area contributed by atoms with Gasteiger partial charge in [0.25, 0.3) is 11.7 Å². The molecule has 3 aromatic rings. The highest BCUT2D eigenvalue weighted by Gasteiger charge is 2.47. The van der Waals surface area contributed by atoms with Crippen molar-refractivity contribution in [3.8, 4) is 5.75 Å². The number of rotatable bonds is 5. The summed E-state index contributed by atoms with van der Waals surface area (Å²) in [5, 5.41) is 11.4. The van der Waals surface area contributed by atoms with Gasteiger partial charge in [-0.3, -0.25) is 14.5 Å². The summed E-state index contributed by atoms with van der Waals surface area (Å²) in [6.07, 6.45) is -4.67. The Morgan fingerprint density at radius 2 is 1.70 bits per heavy atom. The van der Waals surface area contributed by atoms with E-state index in [1.807, 2.05) is 19.0 Å². The first kappa shape index (κ1) is 26.1. The van der Waals surface area contributed by atoms with Crippen LogP contribution in [0.3, 0.4) is 0 Å². The minimum atomic E-state index is -4.67. The van der Waals surface area contributed by atoms with Crippen LogP contribution >= 0.6 is 11.6 Å². The van der Waals surface area contributed by atoms with E-state index in [4.69, 9.17) is 16.3 Å². The molecule has 1 aliphatic rings. The number of carbonyl (C=O) groups is 2. The van der Waals surface area contributed by atoms with E-state index in [1.54, 1.807) is 30.3 Å². The minimum absolute atomic E-state index is 0.0398. The number of anilines is 2. The maximum absolute atomic E-state index is 13.5. The van der Waals surface area contributed by atoms with Gasteiger partial charge in [-0.15, -0.1) is 0 Å². The molecule has 1 heterocycles. The van der Waals surface area contributed by atoms with Gasteiger partial charge < -0.3 is 14.7 Å². The Morgan fingerprint density at radius 3 is 2.30 bits per heavy atom.